The molecule has 0 aliphatic rings. The number of primary amides is 1. The number of hydrogen-bond donors (Lipinski definition) is 3. The fourth-order valence-electron chi connectivity index (χ4n) is 1.22. The van der Waals surface area contributed by atoms with Crippen molar-refractivity contribution < 1.29 is 19.0 Å². The quantitative estimate of drug-likeness (QED) is 0.642. The molecule has 1 aromatic carbocycles. The highest BCUT2D eigenvalue weighted by Gasteiger charge is 2.12. The molecule has 0 spiro atoms. The third kappa shape index (κ3) is 4.68. The van der Waals surface area contributed by atoms with Gasteiger partial charge in [-0.1, -0.05) is 12.1 Å². The van der Waals surface area contributed by atoms with Crippen molar-refractivity contribution >= 4 is 5.91 Å². The number of hydrogen-bond acceptors (Lipinski definition) is 4. The van der Waals surface area contributed by atoms with Crippen LogP contribution >= 0.6 is 0 Å². The number of benzene rings is 1. The Morgan fingerprint density at radius 1 is 1.56 bits per heavy atom. The van der Waals surface area contributed by atoms with Crippen LogP contribution in [0.5, 0.6) is 5.75 Å². The molecule has 5 nitrogen and oxygen atoms in total. The van der Waals surface area contributed by atoms with Crippen LogP contribution in [0.2, 0.25) is 0 Å². The van der Waals surface area contributed by atoms with E-state index >= 15 is 0 Å². The van der Waals surface area contributed by atoms with Gasteiger partial charge in [0.2, 0.25) is 5.91 Å². The zero-order chi connectivity index (χ0) is 13.5. The van der Waals surface area contributed by atoms with E-state index in [1.165, 1.54) is 12.1 Å². The Labute approximate surface area is 105 Å². The Balaban J connectivity index is 2.31. The van der Waals surface area contributed by atoms with Crippen LogP contribution in [0.25, 0.3) is 0 Å². The molecule has 0 fully saturated rings. The lowest BCUT2D eigenvalue weighted by atomic mass is 10.3. The molecule has 2 unspecified atom stereocenters. The minimum Gasteiger partial charge on any atom is -0.488 e. The summed E-state index contributed by atoms with van der Waals surface area (Å²) in [6.07, 6.45) is -0.855. The number of nitrogens with two attached hydrogens (primary N) is 1. The molecular formula is C12H17FN2O3. The number of aliphatic hydroxyl groups excluding tert-OH is 1. The summed E-state index contributed by atoms with van der Waals surface area (Å²) in [7, 11) is 0. The summed E-state index contributed by atoms with van der Waals surface area (Å²) in [5.41, 5.74) is 5.04. The molecule has 0 aliphatic carbocycles. The first-order valence-electron chi connectivity index (χ1n) is 5.58. The van der Waals surface area contributed by atoms with E-state index in [2.05, 4.69) is 5.32 Å². The molecule has 2 atom stereocenters. The summed E-state index contributed by atoms with van der Waals surface area (Å²) in [4.78, 5) is 10.7. The van der Waals surface area contributed by atoms with Gasteiger partial charge in [0.25, 0.3) is 0 Å². The van der Waals surface area contributed by atoms with Crippen LogP contribution in [0.15, 0.2) is 24.3 Å². The minimum absolute atomic E-state index is 0.0700. The van der Waals surface area contributed by atoms with Crippen molar-refractivity contribution in [2.75, 3.05) is 13.2 Å². The van der Waals surface area contributed by atoms with E-state index in [0.717, 1.165) is 0 Å². The number of para-hydroxylation sites is 1. The third-order valence-corrected chi connectivity index (χ3v) is 2.35. The van der Waals surface area contributed by atoms with E-state index in [9.17, 15) is 14.3 Å². The second-order valence-corrected chi connectivity index (χ2v) is 3.93. The molecule has 100 valence electrons. The second kappa shape index (κ2) is 6.93. The molecule has 0 heterocycles. The number of aliphatic hydroxyl groups is 1. The molecule has 4 N–H and O–H groups in total. The Kier molecular flexibility index (Phi) is 5.54. The van der Waals surface area contributed by atoms with Gasteiger partial charge in [-0.05, 0) is 19.1 Å². The van der Waals surface area contributed by atoms with Gasteiger partial charge in [-0.3, -0.25) is 4.79 Å². The van der Waals surface area contributed by atoms with Crippen LogP contribution < -0.4 is 15.8 Å². The average Bonchev–Trinajstić information content (AvgIpc) is 2.34. The van der Waals surface area contributed by atoms with Crippen LogP contribution in [0.4, 0.5) is 4.39 Å². The zero-order valence-electron chi connectivity index (χ0n) is 10.1. The van der Waals surface area contributed by atoms with E-state index in [1.807, 2.05) is 0 Å². The monoisotopic (exact) mass is 256 g/mol. The SMILES string of the molecule is CC(NCC(O)COc1ccccc1F)C(N)=O. The van der Waals surface area contributed by atoms with E-state index in [0.29, 0.717) is 0 Å². The maximum atomic E-state index is 13.2. The average molecular weight is 256 g/mol. The lowest BCUT2D eigenvalue weighted by Gasteiger charge is -2.15. The normalized spacial score (nSPS) is 13.9. The van der Waals surface area contributed by atoms with Crippen LogP contribution in [0.1, 0.15) is 6.92 Å². The van der Waals surface area contributed by atoms with E-state index in [1.54, 1.807) is 19.1 Å². The first-order valence-corrected chi connectivity index (χ1v) is 5.58. The number of rotatable bonds is 7. The van der Waals surface area contributed by atoms with Crippen LogP contribution in [0, 0.1) is 5.82 Å². The number of nitrogens with one attached hydrogen (secondary N) is 1. The minimum atomic E-state index is -0.855. The van der Waals surface area contributed by atoms with Gasteiger partial charge in [-0.2, -0.15) is 0 Å². The lowest BCUT2D eigenvalue weighted by molar-refractivity contribution is -0.119. The third-order valence-electron chi connectivity index (χ3n) is 2.35. The molecule has 0 aliphatic heterocycles. The van der Waals surface area contributed by atoms with Gasteiger partial charge in [0.05, 0.1) is 6.04 Å². The topological polar surface area (TPSA) is 84.6 Å². The van der Waals surface area contributed by atoms with Gasteiger partial charge in [0.1, 0.15) is 12.7 Å². The Morgan fingerprint density at radius 2 is 2.22 bits per heavy atom. The Bertz CT molecular complexity index is 401. The summed E-state index contributed by atoms with van der Waals surface area (Å²) in [6, 6.07) is 5.40. The Hall–Kier alpha value is -1.66. The van der Waals surface area contributed by atoms with Crippen molar-refractivity contribution in [3.05, 3.63) is 30.1 Å². The molecule has 1 aromatic rings. The van der Waals surface area contributed by atoms with E-state index in [4.69, 9.17) is 10.5 Å². The number of amides is 1. The van der Waals surface area contributed by atoms with Crippen LogP contribution in [-0.2, 0) is 4.79 Å². The van der Waals surface area contributed by atoms with Gasteiger partial charge in [-0.15, -0.1) is 0 Å². The van der Waals surface area contributed by atoms with Crippen molar-refractivity contribution in [2.45, 2.75) is 19.1 Å². The predicted molar refractivity (Wildman–Crippen MR) is 64.6 cm³/mol. The predicted octanol–water partition coefficient (Wildman–Crippen LogP) is 0.0288. The first kappa shape index (κ1) is 14.4. The molecule has 0 aromatic heterocycles. The van der Waals surface area contributed by atoms with Gasteiger partial charge in [0.15, 0.2) is 11.6 Å². The fraction of sp³-hybridized carbons (Fsp3) is 0.417. The number of ether oxygens (including phenoxy) is 1. The van der Waals surface area contributed by atoms with Gasteiger partial charge >= 0.3 is 0 Å². The maximum absolute atomic E-state index is 13.2. The molecule has 1 amide bonds. The molecule has 1 rings (SSSR count). The maximum Gasteiger partial charge on any atom is 0.234 e. The van der Waals surface area contributed by atoms with Crippen molar-refractivity contribution in [1.29, 1.82) is 0 Å². The van der Waals surface area contributed by atoms with Gasteiger partial charge in [-0.25, -0.2) is 4.39 Å². The van der Waals surface area contributed by atoms with Gasteiger partial charge in [0, 0.05) is 6.54 Å². The highest BCUT2D eigenvalue weighted by molar-refractivity contribution is 5.79. The summed E-state index contributed by atoms with van der Waals surface area (Å²) < 4.78 is 18.3. The zero-order valence-corrected chi connectivity index (χ0v) is 10.1. The highest BCUT2D eigenvalue weighted by Crippen LogP contribution is 2.15. The Morgan fingerprint density at radius 3 is 2.83 bits per heavy atom. The fourth-order valence-corrected chi connectivity index (χ4v) is 1.22. The summed E-state index contributed by atoms with van der Waals surface area (Å²) in [5, 5.41) is 12.3. The van der Waals surface area contributed by atoms with Crippen molar-refractivity contribution in [3.8, 4) is 5.75 Å². The summed E-state index contributed by atoms with van der Waals surface area (Å²) in [6.45, 7) is 1.66. The molecule has 0 saturated carbocycles. The van der Waals surface area contributed by atoms with Crippen molar-refractivity contribution in [2.24, 2.45) is 5.73 Å². The molecule has 18 heavy (non-hydrogen) atoms. The smallest absolute Gasteiger partial charge is 0.234 e. The lowest BCUT2D eigenvalue weighted by Crippen LogP contribution is -2.43. The van der Waals surface area contributed by atoms with Crippen LogP contribution in [0.3, 0.4) is 0 Å². The summed E-state index contributed by atoms with van der Waals surface area (Å²) in [5.74, 6) is -0.903. The van der Waals surface area contributed by atoms with Crippen molar-refractivity contribution in [1.82, 2.24) is 5.32 Å². The highest BCUT2D eigenvalue weighted by atomic mass is 19.1. The number of carbonyl (C=O) groups excluding carboxylic acids is 1. The van der Waals surface area contributed by atoms with Gasteiger partial charge < -0.3 is 20.9 Å². The molecule has 6 heteroatoms. The molecule has 0 radical (unpaired) electrons. The van der Waals surface area contributed by atoms with E-state index < -0.39 is 23.9 Å². The molecule has 0 bridgehead atoms. The largest absolute Gasteiger partial charge is 0.488 e. The first-order chi connectivity index (χ1) is 8.50. The molecular weight excluding hydrogens is 239 g/mol. The molecule has 0 saturated heterocycles. The van der Waals surface area contributed by atoms with E-state index in [-0.39, 0.29) is 18.9 Å². The summed E-state index contributed by atoms with van der Waals surface area (Å²) >= 11 is 0. The number of carbonyl (C=O) groups is 1. The standard InChI is InChI=1S/C12H17FN2O3/c1-8(12(14)17)15-6-9(16)7-18-11-5-3-2-4-10(11)13/h2-5,8-9,15-16H,6-7H2,1H3,(H2,14,17). The van der Waals surface area contributed by atoms with Crippen molar-refractivity contribution in [3.63, 3.8) is 0 Å². The van der Waals surface area contributed by atoms with Crippen LogP contribution in [-0.4, -0.2) is 36.3 Å². The number of halogens is 1. The second-order valence-electron chi connectivity index (χ2n) is 3.93.